The fourth-order valence-electron chi connectivity index (χ4n) is 3.11. The second kappa shape index (κ2) is 6.58. The van der Waals surface area contributed by atoms with Gasteiger partial charge in [-0.1, -0.05) is 17.7 Å². The lowest BCUT2D eigenvalue weighted by molar-refractivity contribution is -0.117. The average molecular weight is 317 g/mol. The van der Waals surface area contributed by atoms with Crippen LogP contribution in [0.2, 0.25) is 0 Å². The van der Waals surface area contributed by atoms with Crippen molar-refractivity contribution in [2.45, 2.75) is 38.3 Å². The largest absolute Gasteiger partial charge is 0.393 e. The van der Waals surface area contributed by atoms with Gasteiger partial charge in [0.15, 0.2) is 0 Å². The first-order valence-corrected chi connectivity index (χ1v) is 8.13. The molecule has 2 N–H and O–H groups in total. The summed E-state index contributed by atoms with van der Waals surface area (Å²) < 4.78 is 0. The molecule has 0 radical (unpaired) electrons. The Kier molecular flexibility index (Phi) is 4.52. The number of benzene rings is 1. The quantitative estimate of drug-likeness (QED) is 0.863. The standard InChI is InChI=1S/C17H23N3O3/c1-12-2-4-14(5-3-12)20-11-13(10-16(20)22)18-17(23)19-8-6-15(21)7-9-19/h2-5,13,15,21H,6-11H2,1H3,(H,18,23)/t13-/m0/s1. The van der Waals surface area contributed by atoms with Crippen molar-refractivity contribution < 1.29 is 14.7 Å². The molecule has 3 rings (SSSR count). The summed E-state index contributed by atoms with van der Waals surface area (Å²) >= 11 is 0. The van der Waals surface area contributed by atoms with E-state index < -0.39 is 0 Å². The minimum Gasteiger partial charge on any atom is -0.393 e. The summed E-state index contributed by atoms with van der Waals surface area (Å²) in [5.41, 5.74) is 2.02. The number of likely N-dealkylation sites (tertiary alicyclic amines) is 1. The molecule has 3 amide bonds. The third kappa shape index (κ3) is 3.64. The summed E-state index contributed by atoms with van der Waals surface area (Å²) in [6.45, 7) is 3.64. The maximum absolute atomic E-state index is 12.3. The molecule has 0 saturated carbocycles. The van der Waals surface area contributed by atoms with Crippen LogP contribution in [0.4, 0.5) is 10.5 Å². The minimum atomic E-state index is -0.302. The second-order valence-electron chi connectivity index (χ2n) is 6.41. The molecule has 2 saturated heterocycles. The third-order valence-electron chi connectivity index (χ3n) is 4.55. The number of carbonyl (C=O) groups is 2. The second-order valence-corrected chi connectivity index (χ2v) is 6.41. The van der Waals surface area contributed by atoms with E-state index in [-0.39, 0.29) is 24.1 Å². The number of urea groups is 1. The highest BCUT2D eigenvalue weighted by Crippen LogP contribution is 2.22. The smallest absolute Gasteiger partial charge is 0.317 e. The lowest BCUT2D eigenvalue weighted by Gasteiger charge is -2.30. The number of anilines is 1. The van der Waals surface area contributed by atoms with E-state index in [0.29, 0.717) is 38.9 Å². The summed E-state index contributed by atoms with van der Waals surface area (Å²) in [4.78, 5) is 27.9. The Labute approximate surface area is 136 Å². The van der Waals surface area contributed by atoms with E-state index in [1.807, 2.05) is 31.2 Å². The molecule has 6 nitrogen and oxygen atoms in total. The summed E-state index contributed by atoms with van der Waals surface area (Å²) in [7, 11) is 0. The number of carbonyl (C=O) groups excluding carboxylic acids is 2. The fraction of sp³-hybridized carbons (Fsp3) is 0.529. The Bertz CT molecular complexity index is 579. The molecule has 1 aromatic rings. The van der Waals surface area contributed by atoms with Gasteiger partial charge >= 0.3 is 6.03 Å². The highest BCUT2D eigenvalue weighted by molar-refractivity contribution is 5.96. The average Bonchev–Trinajstić information content (AvgIpc) is 2.89. The Morgan fingerprint density at radius 2 is 1.87 bits per heavy atom. The number of aliphatic hydroxyl groups is 1. The summed E-state index contributed by atoms with van der Waals surface area (Å²) in [6.07, 6.45) is 1.26. The van der Waals surface area contributed by atoms with Crippen molar-refractivity contribution in [3.8, 4) is 0 Å². The van der Waals surface area contributed by atoms with E-state index in [4.69, 9.17) is 0 Å². The maximum atomic E-state index is 12.3. The molecule has 0 aliphatic carbocycles. The SMILES string of the molecule is Cc1ccc(N2C[C@@H](NC(=O)N3CCC(O)CC3)CC2=O)cc1. The van der Waals surface area contributed by atoms with Gasteiger partial charge in [0.1, 0.15) is 0 Å². The molecule has 23 heavy (non-hydrogen) atoms. The van der Waals surface area contributed by atoms with Crippen LogP contribution in [0.25, 0.3) is 0 Å². The van der Waals surface area contributed by atoms with Gasteiger partial charge in [-0.15, -0.1) is 0 Å². The van der Waals surface area contributed by atoms with Gasteiger partial charge in [-0.05, 0) is 31.9 Å². The number of hydrogen-bond donors (Lipinski definition) is 2. The van der Waals surface area contributed by atoms with Crippen LogP contribution in [0, 0.1) is 6.92 Å². The van der Waals surface area contributed by atoms with Gasteiger partial charge in [-0.25, -0.2) is 4.79 Å². The van der Waals surface area contributed by atoms with Crippen LogP contribution in [0.1, 0.15) is 24.8 Å². The molecule has 0 aromatic heterocycles. The van der Waals surface area contributed by atoms with Crippen LogP contribution >= 0.6 is 0 Å². The van der Waals surface area contributed by atoms with Gasteiger partial charge in [0.2, 0.25) is 5.91 Å². The number of nitrogens with zero attached hydrogens (tertiary/aromatic N) is 2. The fourth-order valence-corrected chi connectivity index (χ4v) is 3.11. The molecular weight excluding hydrogens is 294 g/mol. The van der Waals surface area contributed by atoms with Crippen LogP contribution < -0.4 is 10.2 Å². The van der Waals surface area contributed by atoms with Crippen LogP contribution in [0.5, 0.6) is 0 Å². The number of piperidine rings is 1. The van der Waals surface area contributed by atoms with Gasteiger partial charge in [-0.3, -0.25) is 4.79 Å². The molecule has 2 aliphatic rings. The highest BCUT2D eigenvalue weighted by atomic mass is 16.3. The zero-order valence-corrected chi connectivity index (χ0v) is 13.4. The summed E-state index contributed by atoms with van der Waals surface area (Å²) in [6, 6.07) is 7.53. The molecule has 6 heteroatoms. The van der Waals surface area contributed by atoms with Crippen molar-refractivity contribution in [3.05, 3.63) is 29.8 Å². The van der Waals surface area contributed by atoms with Crippen LogP contribution in [-0.2, 0) is 4.79 Å². The Balaban J connectivity index is 1.57. The Morgan fingerprint density at radius 3 is 2.52 bits per heavy atom. The van der Waals surface area contributed by atoms with Crippen LogP contribution in [0.15, 0.2) is 24.3 Å². The van der Waals surface area contributed by atoms with Gasteiger partial charge in [-0.2, -0.15) is 0 Å². The van der Waals surface area contributed by atoms with E-state index in [2.05, 4.69) is 5.32 Å². The van der Waals surface area contributed by atoms with E-state index in [9.17, 15) is 14.7 Å². The van der Waals surface area contributed by atoms with E-state index in [1.165, 1.54) is 0 Å². The highest BCUT2D eigenvalue weighted by Gasteiger charge is 2.33. The molecule has 0 spiro atoms. The maximum Gasteiger partial charge on any atom is 0.317 e. The molecule has 1 aromatic carbocycles. The molecular formula is C17H23N3O3. The molecule has 2 heterocycles. The van der Waals surface area contributed by atoms with Crippen molar-refractivity contribution in [1.82, 2.24) is 10.2 Å². The number of amides is 3. The Morgan fingerprint density at radius 1 is 1.22 bits per heavy atom. The summed E-state index contributed by atoms with van der Waals surface area (Å²) in [5, 5.41) is 12.4. The number of nitrogens with one attached hydrogen (secondary N) is 1. The van der Waals surface area contributed by atoms with Gasteiger partial charge in [0, 0.05) is 31.7 Å². The first kappa shape index (κ1) is 15.8. The van der Waals surface area contributed by atoms with Gasteiger partial charge in [0.25, 0.3) is 0 Å². The van der Waals surface area contributed by atoms with E-state index in [1.54, 1.807) is 9.80 Å². The predicted molar refractivity (Wildman–Crippen MR) is 87.3 cm³/mol. The normalized spacial score (nSPS) is 22.5. The van der Waals surface area contributed by atoms with E-state index >= 15 is 0 Å². The predicted octanol–water partition coefficient (Wildman–Crippen LogP) is 1.27. The van der Waals surface area contributed by atoms with Crippen LogP contribution in [-0.4, -0.2) is 53.7 Å². The molecule has 2 aliphatic heterocycles. The monoisotopic (exact) mass is 317 g/mol. The lowest BCUT2D eigenvalue weighted by atomic mass is 10.1. The molecule has 0 bridgehead atoms. The first-order valence-electron chi connectivity index (χ1n) is 8.13. The first-order chi connectivity index (χ1) is 11.0. The number of hydrogen-bond acceptors (Lipinski definition) is 3. The number of aliphatic hydroxyl groups excluding tert-OH is 1. The minimum absolute atomic E-state index is 0.0354. The van der Waals surface area contributed by atoms with Crippen molar-refractivity contribution in [1.29, 1.82) is 0 Å². The number of rotatable bonds is 2. The van der Waals surface area contributed by atoms with Crippen molar-refractivity contribution in [3.63, 3.8) is 0 Å². The van der Waals surface area contributed by atoms with Crippen molar-refractivity contribution in [2.75, 3.05) is 24.5 Å². The number of aryl methyl sites for hydroxylation is 1. The van der Waals surface area contributed by atoms with Crippen molar-refractivity contribution >= 4 is 17.6 Å². The summed E-state index contributed by atoms with van der Waals surface area (Å²) in [5.74, 6) is 0.0354. The van der Waals surface area contributed by atoms with Gasteiger partial charge in [0.05, 0.1) is 12.1 Å². The third-order valence-corrected chi connectivity index (χ3v) is 4.55. The zero-order chi connectivity index (χ0) is 16.4. The van der Waals surface area contributed by atoms with Crippen LogP contribution in [0.3, 0.4) is 0 Å². The molecule has 124 valence electrons. The zero-order valence-electron chi connectivity index (χ0n) is 13.4. The molecule has 0 unspecified atom stereocenters. The van der Waals surface area contributed by atoms with E-state index in [0.717, 1.165) is 11.3 Å². The molecule has 1 atom stereocenters. The van der Waals surface area contributed by atoms with Gasteiger partial charge < -0.3 is 20.2 Å². The topological polar surface area (TPSA) is 72.9 Å². The lowest BCUT2D eigenvalue weighted by Crippen LogP contribution is -2.49. The van der Waals surface area contributed by atoms with Crippen molar-refractivity contribution in [2.24, 2.45) is 0 Å². The molecule has 2 fully saturated rings. The Hall–Kier alpha value is -2.08.